The van der Waals surface area contributed by atoms with E-state index in [9.17, 15) is 9.90 Å². The van der Waals surface area contributed by atoms with Crippen molar-refractivity contribution in [3.63, 3.8) is 0 Å². The Morgan fingerprint density at radius 2 is 2.06 bits per heavy atom. The number of hydrogen-bond acceptors (Lipinski definition) is 7. The number of fused-ring (bicyclic) bond motifs is 2. The lowest BCUT2D eigenvalue weighted by Crippen LogP contribution is -2.36. The lowest BCUT2D eigenvalue weighted by Gasteiger charge is -2.25. The number of nitrogens with zero attached hydrogens (tertiary/aromatic N) is 3. The SMILES string of the molecule is COCCN(CCCCc1ccc2c(n1)NCCC2)CC[C@H](Nc1ccnc2ccccc12)C(=O)O. The molecule has 192 valence electrons. The van der Waals surface area contributed by atoms with Gasteiger partial charge in [0.15, 0.2) is 0 Å². The average molecular weight is 492 g/mol. The van der Waals surface area contributed by atoms with E-state index in [-0.39, 0.29) is 0 Å². The number of anilines is 2. The van der Waals surface area contributed by atoms with Gasteiger partial charge >= 0.3 is 5.97 Å². The van der Waals surface area contributed by atoms with Crippen LogP contribution >= 0.6 is 0 Å². The van der Waals surface area contributed by atoms with Crippen LogP contribution < -0.4 is 10.6 Å². The highest BCUT2D eigenvalue weighted by molar-refractivity contribution is 5.92. The molecule has 36 heavy (non-hydrogen) atoms. The largest absolute Gasteiger partial charge is 0.480 e. The molecule has 1 aromatic carbocycles. The summed E-state index contributed by atoms with van der Waals surface area (Å²) in [5, 5.41) is 17.5. The van der Waals surface area contributed by atoms with Crippen molar-refractivity contribution in [3.05, 3.63) is 59.9 Å². The third kappa shape index (κ3) is 7.15. The first kappa shape index (κ1) is 25.9. The number of benzene rings is 1. The second kappa shape index (κ2) is 13.2. The maximum Gasteiger partial charge on any atom is 0.326 e. The number of pyridine rings is 2. The zero-order valence-electron chi connectivity index (χ0n) is 21.1. The number of aromatic nitrogens is 2. The highest BCUT2D eigenvalue weighted by Crippen LogP contribution is 2.23. The predicted molar refractivity (Wildman–Crippen MR) is 144 cm³/mol. The summed E-state index contributed by atoms with van der Waals surface area (Å²) in [6.45, 7) is 3.98. The van der Waals surface area contributed by atoms with Gasteiger partial charge in [0.1, 0.15) is 11.9 Å². The molecule has 0 bridgehead atoms. The van der Waals surface area contributed by atoms with Crippen molar-refractivity contribution in [2.45, 2.75) is 44.6 Å². The summed E-state index contributed by atoms with van der Waals surface area (Å²) in [5.74, 6) is 0.198. The van der Waals surface area contributed by atoms with Crippen LogP contribution in [-0.4, -0.2) is 71.9 Å². The van der Waals surface area contributed by atoms with Crippen LogP contribution in [0.25, 0.3) is 10.9 Å². The van der Waals surface area contributed by atoms with Gasteiger partial charge in [-0.25, -0.2) is 9.78 Å². The van der Waals surface area contributed by atoms with E-state index in [2.05, 4.69) is 32.7 Å². The number of para-hydroxylation sites is 1. The molecule has 3 aromatic rings. The summed E-state index contributed by atoms with van der Waals surface area (Å²) < 4.78 is 5.30. The standard InChI is InChI=1S/C28H37N5O3/c1-36-20-19-33(17-5-4-8-22-12-11-21-7-6-15-30-27(21)31-22)18-14-26(28(34)35)32-25-13-16-29-24-10-3-2-9-23(24)25/h2-3,9-13,16,26H,4-8,14-15,17-20H2,1H3,(H,29,32)(H,30,31)(H,34,35)/t26-/m0/s1. The summed E-state index contributed by atoms with van der Waals surface area (Å²) in [5.41, 5.74) is 4.09. The van der Waals surface area contributed by atoms with E-state index in [1.165, 1.54) is 12.0 Å². The van der Waals surface area contributed by atoms with Gasteiger partial charge in [-0.2, -0.15) is 0 Å². The fourth-order valence-electron chi connectivity index (χ4n) is 4.68. The van der Waals surface area contributed by atoms with Crippen LogP contribution in [0, 0.1) is 0 Å². The second-order valence-corrected chi connectivity index (χ2v) is 9.33. The minimum Gasteiger partial charge on any atom is -0.480 e. The zero-order chi connectivity index (χ0) is 25.2. The molecule has 0 unspecified atom stereocenters. The molecule has 1 aliphatic rings. The first-order valence-corrected chi connectivity index (χ1v) is 12.9. The summed E-state index contributed by atoms with van der Waals surface area (Å²) in [7, 11) is 1.70. The number of carboxylic acids is 1. The van der Waals surface area contributed by atoms with Gasteiger partial charge in [-0.05, 0) is 68.8 Å². The summed E-state index contributed by atoms with van der Waals surface area (Å²) >= 11 is 0. The highest BCUT2D eigenvalue weighted by Gasteiger charge is 2.20. The van der Waals surface area contributed by atoms with Gasteiger partial charge in [0, 0.05) is 49.7 Å². The molecule has 8 heteroatoms. The number of carboxylic acid groups (broad SMARTS) is 1. The van der Waals surface area contributed by atoms with Crippen LogP contribution in [0.4, 0.5) is 11.5 Å². The normalized spacial score (nSPS) is 13.8. The molecule has 0 aliphatic carbocycles. The number of nitrogens with one attached hydrogen (secondary N) is 2. The van der Waals surface area contributed by atoms with Crippen molar-refractivity contribution >= 4 is 28.4 Å². The fourth-order valence-corrected chi connectivity index (χ4v) is 4.68. The molecule has 0 spiro atoms. The van der Waals surface area contributed by atoms with Gasteiger partial charge in [-0.3, -0.25) is 4.98 Å². The maximum absolute atomic E-state index is 12.1. The Hall–Kier alpha value is -3.23. The van der Waals surface area contributed by atoms with Gasteiger partial charge in [-0.1, -0.05) is 24.3 Å². The molecule has 3 N–H and O–H groups in total. The quantitative estimate of drug-likeness (QED) is 0.288. The topological polar surface area (TPSA) is 99.6 Å². The number of rotatable bonds is 14. The molecule has 4 rings (SSSR count). The van der Waals surface area contributed by atoms with E-state index in [0.717, 1.165) is 73.4 Å². The number of aliphatic carboxylic acids is 1. The van der Waals surface area contributed by atoms with Crippen molar-refractivity contribution in [2.24, 2.45) is 0 Å². The second-order valence-electron chi connectivity index (χ2n) is 9.33. The third-order valence-corrected chi connectivity index (χ3v) is 6.73. The number of ether oxygens (including phenoxy) is 1. The smallest absolute Gasteiger partial charge is 0.326 e. The van der Waals surface area contributed by atoms with E-state index >= 15 is 0 Å². The zero-order valence-corrected chi connectivity index (χ0v) is 21.1. The molecule has 0 amide bonds. The average Bonchev–Trinajstić information content (AvgIpc) is 2.91. The van der Waals surface area contributed by atoms with Gasteiger partial charge in [0.25, 0.3) is 0 Å². The lowest BCUT2D eigenvalue weighted by molar-refractivity contribution is -0.138. The van der Waals surface area contributed by atoms with Crippen LogP contribution in [0.1, 0.15) is 36.9 Å². The van der Waals surface area contributed by atoms with Crippen molar-refractivity contribution in [3.8, 4) is 0 Å². The first-order chi connectivity index (χ1) is 17.6. The van der Waals surface area contributed by atoms with Crippen molar-refractivity contribution in [1.82, 2.24) is 14.9 Å². The highest BCUT2D eigenvalue weighted by atomic mass is 16.5. The molecular formula is C28H37N5O3. The molecule has 3 heterocycles. The number of methoxy groups -OCH3 is 1. The van der Waals surface area contributed by atoms with Gasteiger partial charge in [-0.15, -0.1) is 0 Å². The maximum atomic E-state index is 12.1. The molecule has 2 aromatic heterocycles. The van der Waals surface area contributed by atoms with Gasteiger partial charge in [0.2, 0.25) is 0 Å². The number of unbranched alkanes of at least 4 members (excludes halogenated alkanes) is 1. The predicted octanol–water partition coefficient (Wildman–Crippen LogP) is 4.21. The molecule has 0 fully saturated rings. The van der Waals surface area contributed by atoms with Crippen molar-refractivity contribution in [2.75, 3.05) is 50.5 Å². The van der Waals surface area contributed by atoms with E-state index in [1.54, 1.807) is 13.3 Å². The number of hydrogen-bond donors (Lipinski definition) is 3. The molecule has 0 radical (unpaired) electrons. The summed E-state index contributed by atoms with van der Waals surface area (Å²) in [4.78, 5) is 23.5. The van der Waals surface area contributed by atoms with Crippen LogP contribution in [0.2, 0.25) is 0 Å². The van der Waals surface area contributed by atoms with Crippen LogP contribution in [0.5, 0.6) is 0 Å². The van der Waals surface area contributed by atoms with Crippen LogP contribution in [0.15, 0.2) is 48.7 Å². The van der Waals surface area contributed by atoms with Crippen LogP contribution in [0.3, 0.4) is 0 Å². The van der Waals surface area contributed by atoms with E-state index < -0.39 is 12.0 Å². The Bertz CT molecular complexity index is 1130. The van der Waals surface area contributed by atoms with E-state index in [1.807, 2.05) is 30.3 Å². The third-order valence-electron chi connectivity index (χ3n) is 6.73. The summed E-state index contributed by atoms with van der Waals surface area (Å²) in [6, 6.07) is 13.3. The van der Waals surface area contributed by atoms with Crippen LogP contribution in [-0.2, 0) is 22.4 Å². The minimum atomic E-state index is -0.852. The lowest BCUT2D eigenvalue weighted by atomic mass is 10.1. The van der Waals surface area contributed by atoms with E-state index in [4.69, 9.17) is 9.72 Å². The molecule has 8 nitrogen and oxygen atoms in total. The first-order valence-electron chi connectivity index (χ1n) is 12.9. The Balaban J connectivity index is 1.29. The Morgan fingerprint density at radius 3 is 2.92 bits per heavy atom. The Labute approximate surface area is 213 Å². The molecule has 0 saturated heterocycles. The monoisotopic (exact) mass is 491 g/mol. The molecule has 1 atom stereocenters. The summed E-state index contributed by atoms with van der Waals surface area (Å²) in [6.07, 6.45) is 7.49. The van der Waals surface area contributed by atoms with Gasteiger partial charge in [0.05, 0.1) is 12.1 Å². The molecule has 1 aliphatic heterocycles. The van der Waals surface area contributed by atoms with Crippen molar-refractivity contribution in [1.29, 1.82) is 0 Å². The minimum absolute atomic E-state index is 0.494. The number of aryl methyl sites for hydroxylation is 2. The van der Waals surface area contributed by atoms with E-state index in [0.29, 0.717) is 19.6 Å². The fraction of sp³-hybridized carbons (Fsp3) is 0.464. The molecule has 0 saturated carbocycles. The number of carbonyl (C=O) groups is 1. The Morgan fingerprint density at radius 1 is 1.17 bits per heavy atom. The molecular weight excluding hydrogens is 454 g/mol. The van der Waals surface area contributed by atoms with Crippen molar-refractivity contribution < 1.29 is 14.6 Å². The van der Waals surface area contributed by atoms with Gasteiger partial charge < -0.3 is 25.4 Å². The Kier molecular flexibility index (Phi) is 9.47.